The maximum absolute atomic E-state index is 12.2. The van der Waals surface area contributed by atoms with Crippen LogP contribution in [-0.2, 0) is 6.54 Å². The highest BCUT2D eigenvalue weighted by atomic mass is 32.1. The summed E-state index contributed by atoms with van der Waals surface area (Å²) in [4.78, 5) is 19.3. The Balaban J connectivity index is 1.42. The summed E-state index contributed by atoms with van der Waals surface area (Å²) in [5.41, 5.74) is 6.36. The van der Waals surface area contributed by atoms with E-state index in [2.05, 4.69) is 15.2 Å². The number of aromatic nitrogens is 1. The second-order valence-corrected chi connectivity index (χ2v) is 7.44. The molecule has 0 aliphatic carbocycles. The second-order valence-electron chi connectivity index (χ2n) is 6.41. The minimum absolute atomic E-state index is 0.0600. The number of carbonyl (C=O) groups is 1. The number of carbonyl (C=O) groups excluding carboxylic acids is 1. The zero-order valence-electron chi connectivity index (χ0n) is 14.2. The SMILES string of the molecule is Cc1ccc(CN2CCC(CNC(=O)c3sc(N)nc3C)CC2)o1. The van der Waals surface area contributed by atoms with Gasteiger partial charge in [0.15, 0.2) is 5.13 Å². The normalized spacial score (nSPS) is 16.4. The molecule has 6 nitrogen and oxygen atoms in total. The van der Waals surface area contributed by atoms with E-state index in [0.29, 0.717) is 28.2 Å². The Morgan fingerprint density at radius 2 is 2.17 bits per heavy atom. The van der Waals surface area contributed by atoms with Gasteiger partial charge in [0, 0.05) is 6.54 Å². The quantitative estimate of drug-likeness (QED) is 0.867. The minimum atomic E-state index is -0.0600. The lowest BCUT2D eigenvalue weighted by atomic mass is 9.96. The molecule has 2 aromatic rings. The number of piperidine rings is 1. The summed E-state index contributed by atoms with van der Waals surface area (Å²) in [7, 11) is 0. The van der Waals surface area contributed by atoms with Crippen LogP contribution in [0.4, 0.5) is 5.13 Å². The fourth-order valence-corrected chi connectivity index (χ4v) is 3.83. The number of amides is 1. The van der Waals surface area contributed by atoms with Gasteiger partial charge in [0.1, 0.15) is 16.4 Å². The Labute approximate surface area is 146 Å². The number of nitrogens with zero attached hydrogens (tertiary/aromatic N) is 2. The van der Waals surface area contributed by atoms with E-state index in [9.17, 15) is 4.79 Å². The van der Waals surface area contributed by atoms with Crippen molar-refractivity contribution in [1.82, 2.24) is 15.2 Å². The van der Waals surface area contributed by atoms with Crippen molar-refractivity contribution in [2.45, 2.75) is 33.2 Å². The van der Waals surface area contributed by atoms with Gasteiger partial charge in [-0.15, -0.1) is 0 Å². The zero-order chi connectivity index (χ0) is 17.1. The first-order chi connectivity index (χ1) is 11.5. The molecule has 130 valence electrons. The van der Waals surface area contributed by atoms with E-state index in [0.717, 1.165) is 44.0 Å². The van der Waals surface area contributed by atoms with E-state index in [1.165, 1.54) is 11.3 Å². The van der Waals surface area contributed by atoms with Crippen LogP contribution in [0.5, 0.6) is 0 Å². The van der Waals surface area contributed by atoms with Gasteiger partial charge in [-0.25, -0.2) is 4.98 Å². The number of hydrogen-bond donors (Lipinski definition) is 2. The fraction of sp³-hybridized carbons (Fsp3) is 0.529. The lowest BCUT2D eigenvalue weighted by Crippen LogP contribution is -2.38. The average Bonchev–Trinajstić information content (AvgIpc) is 3.11. The molecule has 7 heteroatoms. The maximum atomic E-state index is 12.2. The van der Waals surface area contributed by atoms with E-state index < -0.39 is 0 Å². The van der Waals surface area contributed by atoms with Crippen molar-refractivity contribution in [2.24, 2.45) is 5.92 Å². The third-order valence-electron chi connectivity index (χ3n) is 4.45. The zero-order valence-corrected chi connectivity index (χ0v) is 15.0. The van der Waals surface area contributed by atoms with Gasteiger partial charge in [-0.05, 0) is 57.8 Å². The molecule has 3 rings (SSSR count). The number of rotatable bonds is 5. The van der Waals surface area contributed by atoms with E-state index >= 15 is 0 Å². The van der Waals surface area contributed by atoms with Crippen LogP contribution in [0, 0.1) is 19.8 Å². The number of nitrogen functional groups attached to an aromatic ring is 1. The molecule has 0 aromatic carbocycles. The predicted octanol–water partition coefficient (Wildman–Crippen LogP) is 2.58. The number of hydrogen-bond acceptors (Lipinski definition) is 6. The number of anilines is 1. The third kappa shape index (κ3) is 4.15. The second kappa shape index (κ2) is 7.36. The van der Waals surface area contributed by atoms with Gasteiger partial charge in [0.25, 0.3) is 5.91 Å². The first kappa shape index (κ1) is 17.0. The topological polar surface area (TPSA) is 84.4 Å². The maximum Gasteiger partial charge on any atom is 0.263 e. The van der Waals surface area contributed by atoms with Crippen molar-refractivity contribution >= 4 is 22.4 Å². The molecular weight excluding hydrogens is 324 g/mol. The first-order valence-corrected chi connectivity index (χ1v) is 9.11. The van der Waals surface area contributed by atoms with Gasteiger partial charge in [0.2, 0.25) is 0 Å². The summed E-state index contributed by atoms with van der Waals surface area (Å²) in [5, 5.41) is 3.47. The molecule has 1 aliphatic rings. The largest absolute Gasteiger partial charge is 0.465 e. The lowest BCUT2D eigenvalue weighted by Gasteiger charge is -2.31. The van der Waals surface area contributed by atoms with Crippen LogP contribution in [0.25, 0.3) is 0 Å². The van der Waals surface area contributed by atoms with Gasteiger partial charge in [0.05, 0.1) is 12.2 Å². The van der Waals surface area contributed by atoms with Crippen LogP contribution in [0.15, 0.2) is 16.5 Å². The molecule has 1 amide bonds. The van der Waals surface area contributed by atoms with Crippen molar-refractivity contribution in [1.29, 1.82) is 0 Å². The predicted molar refractivity (Wildman–Crippen MR) is 95.0 cm³/mol. The van der Waals surface area contributed by atoms with Gasteiger partial charge >= 0.3 is 0 Å². The molecule has 0 atom stereocenters. The molecule has 0 saturated carbocycles. The number of likely N-dealkylation sites (tertiary alicyclic amines) is 1. The van der Waals surface area contributed by atoms with E-state index in [1.54, 1.807) is 0 Å². The van der Waals surface area contributed by atoms with Crippen molar-refractivity contribution in [2.75, 3.05) is 25.4 Å². The Kier molecular flexibility index (Phi) is 5.20. The lowest BCUT2D eigenvalue weighted by molar-refractivity contribution is 0.0937. The summed E-state index contributed by atoms with van der Waals surface area (Å²) < 4.78 is 5.64. The van der Waals surface area contributed by atoms with E-state index in [-0.39, 0.29) is 5.91 Å². The summed E-state index contributed by atoms with van der Waals surface area (Å²) >= 11 is 1.25. The average molecular weight is 348 g/mol. The molecule has 0 unspecified atom stereocenters. The molecule has 1 saturated heterocycles. The van der Waals surface area contributed by atoms with Crippen molar-refractivity contribution < 1.29 is 9.21 Å². The highest BCUT2D eigenvalue weighted by molar-refractivity contribution is 7.17. The smallest absolute Gasteiger partial charge is 0.263 e. The molecule has 1 aliphatic heterocycles. The Hall–Kier alpha value is -1.86. The number of nitrogens with one attached hydrogen (secondary N) is 1. The van der Waals surface area contributed by atoms with Gasteiger partial charge < -0.3 is 15.5 Å². The standard InChI is InChI=1S/C17H24N4O2S/c1-11-3-4-14(23-11)10-21-7-5-13(6-8-21)9-19-16(22)15-12(2)20-17(18)24-15/h3-4,13H,5-10H2,1-2H3,(H2,18,20)(H,19,22). The van der Waals surface area contributed by atoms with Crippen LogP contribution < -0.4 is 11.1 Å². The highest BCUT2D eigenvalue weighted by Gasteiger charge is 2.21. The van der Waals surface area contributed by atoms with Crippen LogP contribution in [0.3, 0.4) is 0 Å². The highest BCUT2D eigenvalue weighted by Crippen LogP contribution is 2.21. The van der Waals surface area contributed by atoms with Crippen LogP contribution >= 0.6 is 11.3 Å². The molecule has 0 radical (unpaired) electrons. The van der Waals surface area contributed by atoms with Crippen LogP contribution in [0.2, 0.25) is 0 Å². The van der Waals surface area contributed by atoms with Crippen molar-refractivity contribution in [3.8, 4) is 0 Å². The molecule has 1 fully saturated rings. The summed E-state index contributed by atoms with van der Waals surface area (Å²) in [6, 6.07) is 4.05. The summed E-state index contributed by atoms with van der Waals surface area (Å²) in [6.07, 6.45) is 2.17. The Bertz CT molecular complexity index is 701. The van der Waals surface area contributed by atoms with Crippen LogP contribution in [0.1, 0.15) is 39.7 Å². The van der Waals surface area contributed by atoms with Gasteiger partial charge in [-0.1, -0.05) is 11.3 Å². The molecule has 0 spiro atoms. The number of nitrogens with two attached hydrogens (primary N) is 1. The van der Waals surface area contributed by atoms with E-state index in [4.69, 9.17) is 10.2 Å². The Morgan fingerprint density at radius 1 is 1.42 bits per heavy atom. The van der Waals surface area contributed by atoms with E-state index in [1.807, 2.05) is 26.0 Å². The number of thiazole rings is 1. The third-order valence-corrected chi connectivity index (χ3v) is 5.44. The minimum Gasteiger partial charge on any atom is -0.465 e. The summed E-state index contributed by atoms with van der Waals surface area (Å²) in [5.74, 6) is 2.45. The van der Waals surface area contributed by atoms with Crippen molar-refractivity contribution in [3.63, 3.8) is 0 Å². The monoisotopic (exact) mass is 348 g/mol. The molecule has 3 heterocycles. The molecule has 0 bridgehead atoms. The van der Waals surface area contributed by atoms with Gasteiger partial charge in [-0.3, -0.25) is 9.69 Å². The Morgan fingerprint density at radius 3 is 2.75 bits per heavy atom. The molecule has 24 heavy (non-hydrogen) atoms. The van der Waals surface area contributed by atoms with Crippen molar-refractivity contribution in [3.05, 3.63) is 34.2 Å². The van der Waals surface area contributed by atoms with Crippen LogP contribution in [-0.4, -0.2) is 35.4 Å². The molecular formula is C17H24N4O2S. The summed E-state index contributed by atoms with van der Waals surface area (Å²) in [6.45, 7) is 7.43. The fourth-order valence-electron chi connectivity index (χ4n) is 3.08. The molecule has 3 N–H and O–H groups in total. The number of furan rings is 1. The molecule has 2 aromatic heterocycles. The van der Waals surface area contributed by atoms with Gasteiger partial charge in [-0.2, -0.15) is 0 Å². The first-order valence-electron chi connectivity index (χ1n) is 8.30. The number of aryl methyl sites for hydroxylation is 2.